The van der Waals surface area contributed by atoms with Crippen LogP contribution in [0.3, 0.4) is 0 Å². The zero-order chi connectivity index (χ0) is 17.4. The molecule has 0 radical (unpaired) electrons. The summed E-state index contributed by atoms with van der Waals surface area (Å²) in [7, 11) is 0. The van der Waals surface area contributed by atoms with Gasteiger partial charge in [-0.25, -0.2) is 13.8 Å². The van der Waals surface area contributed by atoms with Crippen LogP contribution in [0.5, 0.6) is 0 Å². The molecule has 0 amide bonds. The maximum Gasteiger partial charge on any atom is 0.196 e. The van der Waals surface area contributed by atoms with Crippen LogP contribution in [0.25, 0.3) is 11.3 Å². The second kappa shape index (κ2) is 6.45. The predicted molar refractivity (Wildman–Crippen MR) is 91.2 cm³/mol. The number of hydrogen-bond donors (Lipinski definition) is 2. The van der Waals surface area contributed by atoms with Crippen molar-refractivity contribution in [1.82, 2.24) is 25.1 Å². The number of aromatic amines is 2. The second-order valence-electron chi connectivity index (χ2n) is 6.08. The van der Waals surface area contributed by atoms with E-state index >= 15 is 0 Å². The highest BCUT2D eigenvalue weighted by Gasteiger charge is 2.19. The molecule has 128 valence electrons. The van der Waals surface area contributed by atoms with E-state index in [2.05, 4.69) is 25.1 Å². The summed E-state index contributed by atoms with van der Waals surface area (Å²) in [6.45, 7) is 2.21. The molecule has 1 aliphatic rings. The maximum atomic E-state index is 13.5. The van der Waals surface area contributed by atoms with Crippen LogP contribution >= 0.6 is 12.2 Å². The van der Waals surface area contributed by atoms with Crippen molar-refractivity contribution in [2.24, 2.45) is 0 Å². The molecule has 1 aromatic carbocycles. The van der Waals surface area contributed by atoms with Crippen LogP contribution < -0.4 is 0 Å². The van der Waals surface area contributed by atoms with E-state index in [-0.39, 0.29) is 0 Å². The van der Waals surface area contributed by atoms with Crippen molar-refractivity contribution < 1.29 is 8.78 Å². The molecule has 0 atom stereocenters. The number of nitrogens with zero attached hydrogens (tertiary/aromatic N) is 3. The van der Waals surface area contributed by atoms with E-state index in [1.165, 1.54) is 12.1 Å². The van der Waals surface area contributed by atoms with Crippen molar-refractivity contribution in [3.63, 3.8) is 0 Å². The summed E-state index contributed by atoms with van der Waals surface area (Å²) in [5.41, 5.74) is 4.21. The molecule has 1 aliphatic heterocycles. The third-order valence-corrected chi connectivity index (χ3v) is 4.53. The minimum atomic E-state index is -0.608. The average Bonchev–Trinajstić information content (AvgIpc) is 3.02. The topological polar surface area (TPSA) is 60.6 Å². The number of benzene rings is 1. The number of halogens is 2. The number of H-pyrrole nitrogens is 2. The first-order valence-electron chi connectivity index (χ1n) is 7.86. The molecule has 8 heteroatoms. The average molecular weight is 359 g/mol. The Bertz CT molecular complexity index is 961. The smallest absolute Gasteiger partial charge is 0.196 e. The summed E-state index contributed by atoms with van der Waals surface area (Å²) in [5.74, 6) is -1.22. The van der Waals surface area contributed by atoms with E-state index in [1.807, 2.05) is 0 Å². The Kier molecular flexibility index (Phi) is 4.14. The molecule has 2 aromatic heterocycles. The first-order chi connectivity index (χ1) is 12.1. The fourth-order valence-corrected chi connectivity index (χ4v) is 3.34. The lowest BCUT2D eigenvalue weighted by Gasteiger charge is -2.28. The normalized spacial score (nSPS) is 14.5. The van der Waals surface area contributed by atoms with Gasteiger partial charge in [-0.2, -0.15) is 5.10 Å². The third-order valence-electron chi connectivity index (χ3n) is 4.32. The third kappa shape index (κ3) is 3.35. The van der Waals surface area contributed by atoms with Gasteiger partial charge in [-0.05, 0) is 24.4 Å². The maximum absolute atomic E-state index is 13.5. The zero-order valence-corrected chi connectivity index (χ0v) is 14.0. The standard InChI is InChI=1S/C17H15F2N5S/c18-13-3-10(4-14(19)5-13)16-12(7-21-23-16)9-24-2-1-15-11(8-24)6-20-17(25)22-15/h3-7H,1-2,8-9H2,(H,21,23)(H,20,22,25). The quantitative estimate of drug-likeness (QED) is 0.704. The summed E-state index contributed by atoms with van der Waals surface area (Å²) < 4.78 is 27.5. The van der Waals surface area contributed by atoms with E-state index in [4.69, 9.17) is 12.2 Å². The molecule has 0 saturated heterocycles. The molecule has 0 saturated carbocycles. The number of aromatic nitrogens is 4. The highest BCUT2D eigenvalue weighted by Crippen LogP contribution is 2.26. The van der Waals surface area contributed by atoms with E-state index in [1.54, 1.807) is 12.4 Å². The van der Waals surface area contributed by atoms with Crippen molar-refractivity contribution in [1.29, 1.82) is 0 Å². The number of fused-ring (bicyclic) bond motifs is 1. The number of hydrogen-bond acceptors (Lipinski definition) is 4. The fraction of sp³-hybridized carbons (Fsp3) is 0.235. The van der Waals surface area contributed by atoms with Gasteiger partial charge in [-0.1, -0.05) is 0 Å². The molecule has 25 heavy (non-hydrogen) atoms. The van der Waals surface area contributed by atoms with Gasteiger partial charge in [0.15, 0.2) is 4.77 Å². The summed E-state index contributed by atoms with van der Waals surface area (Å²) in [5, 5.41) is 6.90. The van der Waals surface area contributed by atoms with Crippen molar-refractivity contribution in [2.75, 3.05) is 6.54 Å². The minimum Gasteiger partial charge on any atom is -0.334 e. The molecule has 0 unspecified atom stereocenters. The minimum absolute atomic E-state index is 0.452. The van der Waals surface area contributed by atoms with E-state index < -0.39 is 11.6 Å². The van der Waals surface area contributed by atoms with Crippen molar-refractivity contribution >= 4 is 12.2 Å². The van der Waals surface area contributed by atoms with Gasteiger partial charge in [-0.15, -0.1) is 0 Å². The lowest BCUT2D eigenvalue weighted by molar-refractivity contribution is 0.243. The molecule has 4 rings (SSSR count). The molecule has 2 N–H and O–H groups in total. The van der Waals surface area contributed by atoms with Crippen LogP contribution in [0.4, 0.5) is 8.78 Å². The fourth-order valence-electron chi connectivity index (χ4n) is 3.16. The van der Waals surface area contributed by atoms with Gasteiger partial charge in [0.2, 0.25) is 0 Å². The Labute approximate surface area is 147 Å². The molecule has 3 aromatic rings. The van der Waals surface area contributed by atoms with Crippen molar-refractivity contribution in [3.8, 4) is 11.3 Å². The highest BCUT2D eigenvalue weighted by molar-refractivity contribution is 7.71. The van der Waals surface area contributed by atoms with Crippen LogP contribution in [0, 0.1) is 16.4 Å². The van der Waals surface area contributed by atoms with Gasteiger partial charge < -0.3 is 4.98 Å². The van der Waals surface area contributed by atoms with Gasteiger partial charge in [0.1, 0.15) is 11.6 Å². The molecule has 0 bridgehead atoms. The van der Waals surface area contributed by atoms with Crippen LogP contribution in [0.2, 0.25) is 0 Å². The zero-order valence-electron chi connectivity index (χ0n) is 13.2. The van der Waals surface area contributed by atoms with Gasteiger partial charge >= 0.3 is 0 Å². The van der Waals surface area contributed by atoms with Crippen LogP contribution in [-0.4, -0.2) is 31.6 Å². The van der Waals surface area contributed by atoms with Crippen molar-refractivity contribution in [3.05, 3.63) is 63.8 Å². The summed E-state index contributed by atoms with van der Waals surface area (Å²) in [6, 6.07) is 3.46. The Morgan fingerprint density at radius 1 is 1.16 bits per heavy atom. The summed E-state index contributed by atoms with van der Waals surface area (Å²) in [6.07, 6.45) is 4.35. The first-order valence-corrected chi connectivity index (χ1v) is 8.27. The Hall–Kier alpha value is -2.45. The van der Waals surface area contributed by atoms with Crippen LogP contribution in [-0.2, 0) is 19.5 Å². The second-order valence-corrected chi connectivity index (χ2v) is 6.47. The van der Waals surface area contributed by atoms with Gasteiger partial charge in [0.05, 0.1) is 11.9 Å². The van der Waals surface area contributed by atoms with E-state index in [0.717, 1.165) is 42.4 Å². The molecule has 0 spiro atoms. The summed E-state index contributed by atoms with van der Waals surface area (Å²) in [4.78, 5) is 9.51. The summed E-state index contributed by atoms with van der Waals surface area (Å²) >= 11 is 5.06. The Balaban J connectivity index is 1.58. The van der Waals surface area contributed by atoms with Gasteiger partial charge in [0.25, 0.3) is 0 Å². The molecule has 0 aliphatic carbocycles. The Morgan fingerprint density at radius 2 is 1.96 bits per heavy atom. The van der Waals surface area contributed by atoms with Gasteiger partial charge in [-0.3, -0.25) is 10.00 Å². The molecular formula is C17H15F2N5S. The van der Waals surface area contributed by atoms with Crippen LogP contribution in [0.15, 0.2) is 30.6 Å². The highest BCUT2D eigenvalue weighted by atomic mass is 32.1. The number of nitrogens with one attached hydrogen (secondary N) is 2. The molecule has 0 fully saturated rings. The molecule has 5 nitrogen and oxygen atoms in total. The van der Waals surface area contributed by atoms with Gasteiger partial charge in [0, 0.05) is 60.7 Å². The van der Waals surface area contributed by atoms with Crippen molar-refractivity contribution in [2.45, 2.75) is 19.5 Å². The molecule has 3 heterocycles. The Morgan fingerprint density at radius 3 is 2.76 bits per heavy atom. The monoisotopic (exact) mass is 359 g/mol. The lowest BCUT2D eigenvalue weighted by Crippen LogP contribution is -2.30. The van der Waals surface area contributed by atoms with Crippen LogP contribution in [0.1, 0.15) is 16.8 Å². The SMILES string of the molecule is Fc1cc(F)cc(-c2[nH]ncc2CN2CCc3[nH]c(=S)ncc3C2)c1. The predicted octanol–water partition coefficient (Wildman–Crippen LogP) is 3.37. The lowest BCUT2D eigenvalue weighted by atomic mass is 10.0. The number of rotatable bonds is 3. The van der Waals surface area contributed by atoms with E-state index in [9.17, 15) is 8.78 Å². The molecular weight excluding hydrogens is 344 g/mol. The largest absolute Gasteiger partial charge is 0.334 e. The van der Waals surface area contributed by atoms with E-state index in [0.29, 0.717) is 22.6 Å². The first kappa shape index (κ1) is 16.0.